The number of carboxylic acid groups (broad SMARTS) is 1. The number of hydrogen-bond donors (Lipinski definition) is 3. The number of carboxylic acids is 1. The van der Waals surface area contributed by atoms with Gasteiger partial charge in [-0.05, 0) is 58.4 Å². The summed E-state index contributed by atoms with van der Waals surface area (Å²) in [5, 5.41) is 14.5. The van der Waals surface area contributed by atoms with Crippen molar-refractivity contribution < 1.29 is 19.5 Å². The molecule has 1 aromatic rings. The SMILES string of the molecule is Cc1cc(NC(=O)CC(C)(C)C(=O)O)ccc1C(=O)NC(C)C. The molecule has 0 spiro atoms. The number of anilines is 1. The molecule has 1 aromatic carbocycles. The number of carbonyl (C=O) groups is 3. The molecular formula is C17H24N2O4. The van der Waals surface area contributed by atoms with Crippen LogP contribution >= 0.6 is 0 Å². The third kappa shape index (κ3) is 5.39. The van der Waals surface area contributed by atoms with E-state index in [0.717, 1.165) is 5.56 Å². The van der Waals surface area contributed by atoms with Crippen LogP contribution in [0.2, 0.25) is 0 Å². The molecule has 0 aliphatic carbocycles. The Kier molecular flexibility index (Phi) is 5.90. The van der Waals surface area contributed by atoms with E-state index in [9.17, 15) is 14.4 Å². The van der Waals surface area contributed by atoms with Gasteiger partial charge in [0.15, 0.2) is 0 Å². The lowest BCUT2D eigenvalue weighted by atomic mass is 9.89. The first-order chi connectivity index (χ1) is 10.5. The lowest BCUT2D eigenvalue weighted by Gasteiger charge is -2.18. The predicted octanol–water partition coefficient (Wildman–Crippen LogP) is 2.57. The minimum atomic E-state index is -1.13. The Morgan fingerprint density at radius 1 is 1.22 bits per heavy atom. The van der Waals surface area contributed by atoms with Crippen molar-refractivity contribution in [3.05, 3.63) is 29.3 Å². The summed E-state index contributed by atoms with van der Waals surface area (Å²) in [6.07, 6.45) is -0.128. The molecule has 0 unspecified atom stereocenters. The summed E-state index contributed by atoms with van der Waals surface area (Å²) < 4.78 is 0. The van der Waals surface area contributed by atoms with Gasteiger partial charge in [-0.1, -0.05) is 0 Å². The van der Waals surface area contributed by atoms with Crippen LogP contribution in [0, 0.1) is 12.3 Å². The molecule has 0 heterocycles. The fourth-order valence-electron chi connectivity index (χ4n) is 2.02. The summed E-state index contributed by atoms with van der Waals surface area (Å²) in [7, 11) is 0. The number of nitrogens with one attached hydrogen (secondary N) is 2. The summed E-state index contributed by atoms with van der Waals surface area (Å²) in [5.74, 6) is -1.57. The zero-order valence-corrected chi connectivity index (χ0v) is 14.2. The van der Waals surface area contributed by atoms with E-state index >= 15 is 0 Å². The van der Waals surface area contributed by atoms with Gasteiger partial charge in [-0.2, -0.15) is 0 Å². The normalized spacial score (nSPS) is 11.2. The molecule has 0 saturated carbocycles. The summed E-state index contributed by atoms with van der Waals surface area (Å²) >= 11 is 0. The molecule has 3 N–H and O–H groups in total. The van der Waals surface area contributed by atoms with Crippen molar-refractivity contribution in [2.75, 3.05) is 5.32 Å². The molecule has 126 valence electrons. The van der Waals surface area contributed by atoms with Crippen LogP contribution in [0.4, 0.5) is 5.69 Å². The predicted molar refractivity (Wildman–Crippen MR) is 88.4 cm³/mol. The first-order valence-electron chi connectivity index (χ1n) is 7.47. The van der Waals surface area contributed by atoms with Crippen molar-refractivity contribution in [3.8, 4) is 0 Å². The van der Waals surface area contributed by atoms with Crippen LogP contribution in [0.5, 0.6) is 0 Å². The number of aliphatic carboxylic acids is 1. The average Bonchev–Trinajstić information content (AvgIpc) is 2.36. The molecule has 0 aromatic heterocycles. The average molecular weight is 320 g/mol. The molecule has 2 amide bonds. The van der Waals surface area contributed by atoms with Crippen molar-refractivity contribution in [1.82, 2.24) is 5.32 Å². The van der Waals surface area contributed by atoms with Gasteiger partial charge in [-0.3, -0.25) is 14.4 Å². The van der Waals surface area contributed by atoms with Crippen LogP contribution < -0.4 is 10.6 Å². The number of carbonyl (C=O) groups excluding carboxylic acids is 2. The molecular weight excluding hydrogens is 296 g/mol. The second-order valence-corrected chi connectivity index (χ2v) is 6.57. The van der Waals surface area contributed by atoms with Gasteiger partial charge in [0.25, 0.3) is 5.91 Å². The molecule has 0 radical (unpaired) electrons. The van der Waals surface area contributed by atoms with E-state index in [1.807, 2.05) is 13.8 Å². The van der Waals surface area contributed by atoms with E-state index in [1.54, 1.807) is 25.1 Å². The maximum absolute atomic E-state index is 12.0. The lowest BCUT2D eigenvalue weighted by Crippen LogP contribution is -2.31. The van der Waals surface area contributed by atoms with Crippen LogP contribution in [0.25, 0.3) is 0 Å². The molecule has 6 nitrogen and oxygen atoms in total. The topological polar surface area (TPSA) is 95.5 Å². The highest BCUT2D eigenvalue weighted by atomic mass is 16.4. The summed E-state index contributed by atoms with van der Waals surface area (Å²) in [6.45, 7) is 8.54. The van der Waals surface area contributed by atoms with E-state index in [1.165, 1.54) is 13.8 Å². The van der Waals surface area contributed by atoms with E-state index in [2.05, 4.69) is 10.6 Å². The van der Waals surface area contributed by atoms with Crippen molar-refractivity contribution in [3.63, 3.8) is 0 Å². The smallest absolute Gasteiger partial charge is 0.309 e. The Morgan fingerprint density at radius 3 is 2.30 bits per heavy atom. The van der Waals surface area contributed by atoms with Crippen molar-refractivity contribution in [2.45, 2.75) is 47.1 Å². The van der Waals surface area contributed by atoms with Crippen molar-refractivity contribution in [1.29, 1.82) is 0 Å². The second-order valence-electron chi connectivity index (χ2n) is 6.57. The van der Waals surface area contributed by atoms with E-state index in [0.29, 0.717) is 11.3 Å². The number of rotatable bonds is 6. The number of benzene rings is 1. The van der Waals surface area contributed by atoms with Gasteiger partial charge in [0.1, 0.15) is 0 Å². The molecule has 0 saturated heterocycles. The first kappa shape index (κ1) is 18.7. The molecule has 1 rings (SSSR count). The third-order valence-corrected chi connectivity index (χ3v) is 3.36. The Balaban J connectivity index is 2.80. The fourth-order valence-corrected chi connectivity index (χ4v) is 2.02. The van der Waals surface area contributed by atoms with Crippen LogP contribution in [0.3, 0.4) is 0 Å². The fraction of sp³-hybridized carbons (Fsp3) is 0.471. The minimum absolute atomic E-state index is 0.0412. The van der Waals surface area contributed by atoms with Crippen LogP contribution in [-0.2, 0) is 9.59 Å². The quantitative estimate of drug-likeness (QED) is 0.750. The van der Waals surface area contributed by atoms with Gasteiger partial charge < -0.3 is 15.7 Å². The largest absolute Gasteiger partial charge is 0.481 e. The second kappa shape index (κ2) is 7.26. The van der Waals surface area contributed by atoms with E-state index in [4.69, 9.17) is 5.11 Å². The summed E-state index contributed by atoms with van der Waals surface area (Å²) in [5.41, 5.74) is 0.687. The van der Waals surface area contributed by atoms with Gasteiger partial charge in [0.05, 0.1) is 5.41 Å². The van der Waals surface area contributed by atoms with Crippen molar-refractivity contribution >= 4 is 23.5 Å². The van der Waals surface area contributed by atoms with E-state index < -0.39 is 11.4 Å². The molecule has 0 atom stereocenters. The summed E-state index contributed by atoms with van der Waals surface area (Å²) in [4.78, 5) is 35.0. The molecule has 0 bridgehead atoms. The maximum Gasteiger partial charge on any atom is 0.309 e. The molecule has 0 aliphatic heterocycles. The highest BCUT2D eigenvalue weighted by molar-refractivity contribution is 5.98. The monoisotopic (exact) mass is 320 g/mol. The molecule has 6 heteroatoms. The van der Waals surface area contributed by atoms with Crippen LogP contribution in [0.1, 0.15) is 50.0 Å². The Labute approximate surface area is 136 Å². The molecule has 23 heavy (non-hydrogen) atoms. The maximum atomic E-state index is 12.0. The van der Waals surface area contributed by atoms with Gasteiger partial charge in [0, 0.05) is 23.7 Å². The first-order valence-corrected chi connectivity index (χ1v) is 7.47. The lowest BCUT2D eigenvalue weighted by molar-refractivity contribution is -0.148. The summed E-state index contributed by atoms with van der Waals surface area (Å²) in [6, 6.07) is 5.01. The number of amides is 2. The van der Waals surface area contributed by atoms with Crippen LogP contribution in [0.15, 0.2) is 18.2 Å². The van der Waals surface area contributed by atoms with Gasteiger partial charge in [-0.15, -0.1) is 0 Å². The highest BCUT2D eigenvalue weighted by Gasteiger charge is 2.30. The zero-order valence-electron chi connectivity index (χ0n) is 14.2. The zero-order chi connectivity index (χ0) is 17.8. The number of aryl methyl sites for hydroxylation is 1. The molecule has 0 aliphatic rings. The minimum Gasteiger partial charge on any atom is -0.481 e. The van der Waals surface area contributed by atoms with Gasteiger partial charge in [-0.25, -0.2) is 0 Å². The Bertz CT molecular complexity index is 621. The Hall–Kier alpha value is -2.37. The Morgan fingerprint density at radius 2 is 1.83 bits per heavy atom. The third-order valence-electron chi connectivity index (χ3n) is 3.36. The number of hydrogen-bond acceptors (Lipinski definition) is 3. The molecule has 0 fully saturated rings. The van der Waals surface area contributed by atoms with Crippen LogP contribution in [-0.4, -0.2) is 28.9 Å². The van der Waals surface area contributed by atoms with E-state index in [-0.39, 0.29) is 24.3 Å². The highest BCUT2D eigenvalue weighted by Crippen LogP contribution is 2.22. The van der Waals surface area contributed by atoms with Gasteiger partial charge >= 0.3 is 5.97 Å². The van der Waals surface area contributed by atoms with Crippen molar-refractivity contribution in [2.24, 2.45) is 5.41 Å². The van der Waals surface area contributed by atoms with Gasteiger partial charge in [0.2, 0.25) is 5.91 Å². The standard InChI is InChI=1S/C17H24N2O4/c1-10(2)18-15(21)13-7-6-12(8-11(13)3)19-14(20)9-17(4,5)16(22)23/h6-8,10H,9H2,1-5H3,(H,18,21)(H,19,20)(H,22,23).